The minimum atomic E-state index is -0.469. The first-order chi connectivity index (χ1) is 14.7. The Balaban J connectivity index is 1.86. The summed E-state index contributed by atoms with van der Waals surface area (Å²) in [5.74, 6) is 0.445. The third kappa shape index (κ3) is 4.92. The number of nitrogens with zero attached hydrogens (tertiary/aromatic N) is 1. The van der Waals surface area contributed by atoms with Crippen LogP contribution in [0.15, 0.2) is 48.5 Å². The summed E-state index contributed by atoms with van der Waals surface area (Å²) in [6.45, 7) is 4.60. The zero-order chi connectivity index (χ0) is 20.9. The van der Waals surface area contributed by atoms with Crippen molar-refractivity contribution in [1.82, 2.24) is 4.98 Å². The minimum absolute atomic E-state index is 0.170. The van der Waals surface area contributed by atoms with Crippen LogP contribution in [0.3, 0.4) is 0 Å². The van der Waals surface area contributed by atoms with Gasteiger partial charge in [0.25, 0.3) is 0 Å². The number of hydrogen-bond acceptors (Lipinski definition) is 1. The van der Waals surface area contributed by atoms with E-state index in [9.17, 15) is 4.39 Å². The number of unbranched alkanes of at least 4 members (excludes halogenated alkanes) is 2. The molecule has 4 rings (SSSR count). The molecule has 0 radical (unpaired) electrons. The summed E-state index contributed by atoms with van der Waals surface area (Å²) in [6, 6.07) is 15.7. The molecule has 0 saturated heterocycles. The second-order valence-electron chi connectivity index (χ2n) is 8.78. The first kappa shape index (κ1) is 21.4. The van der Waals surface area contributed by atoms with Crippen LogP contribution in [0.1, 0.15) is 69.5 Å². The average molecular weight is 423 g/mol. The van der Waals surface area contributed by atoms with Crippen molar-refractivity contribution in [2.75, 3.05) is 12.3 Å². The summed E-state index contributed by atoms with van der Waals surface area (Å²) in [5, 5.41) is 1.22. The van der Waals surface area contributed by atoms with Crippen molar-refractivity contribution >= 4 is 18.8 Å². The number of para-hydroxylation sites is 1. The van der Waals surface area contributed by atoms with Crippen LogP contribution in [-0.4, -0.2) is 17.3 Å². The second kappa shape index (κ2) is 10.0. The molecule has 1 aliphatic rings. The molecule has 1 heterocycles. The van der Waals surface area contributed by atoms with Crippen LogP contribution in [0.25, 0.3) is 22.0 Å². The molecule has 1 aliphatic carbocycles. The van der Waals surface area contributed by atoms with E-state index in [1.807, 2.05) is 12.1 Å². The van der Waals surface area contributed by atoms with Gasteiger partial charge in [-0.3, -0.25) is 4.98 Å². The Labute approximate surface area is 181 Å². The van der Waals surface area contributed by atoms with Gasteiger partial charge in [0.1, 0.15) is 5.82 Å². The average Bonchev–Trinajstić information content (AvgIpc) is 3.61. The van der Waals surface area contributed by atoms with Crippen LogP contribution in [0, 0.1) is 5.82 Å². The zero-order valence-electron chi connectivity index (χ0n) is 18.4. The molecule has 30 heavy (non-hydrogen) atoms. The summed E-state index contributed by atoms with van der Waals surface area (Å²) in [7, 11) is -0.469. The van der Waals surface area contributed by atoms with Crippen molar-refractivity contribution in [2.24, 2.45) is 0 Å². The lowest BCUT2D eigenvalue weighted by Crippen LogP contribution is -2.04. The predicted octanol–water partition coefficient (Wildman–Crippen LogP) is 8.23. The van der Waals surface area contributed by atoms with Crippen LogP contribution < -0.4 is 0 Å². The summed E-state index contributed by atoms with van der Waals surface area (Å²) in [6.07, 6.45) is 11.7. The second-order valence-corrected chi connectivity index (χ2v) is 11.6. The summed E-state index contributed by atoms with van der Waals surface area (Å²) in [4.78, 5) is 5.20. The highest BCUT2D eigenvalue weighted by atomic mass is 31.1. The van der Waals surface area contributed by atoms with Gasteiger partial charge in [-0.05, 0) is 55.0 Å². The quantitative estimate of drug-likeness (QED) is 0.300. The van der Waals surface area contributed by atoms with Gasteiger partial charge < -0.3 is 0 Å². The number of benzene rings is 2. The van der Waals surface area contributed by atoms with E-state index >= 15 is 0 Å². The van der Waals surface area contributed by atoms with Gasteiger partial charge in [0.15, 0.2) is 0 Å². The van der Waals surface area contributed by atoms with Crippen LogP contribution >= 0.6 is 7.92 Å². The van der Waals surface area contributed by atoms with E-state index in [0.29, 0.717) is 5.92 Å². The van der Waals surface area contributed by atoms with E-state index in [1.165, 1.54) is 79.2 Å². The van der Waals surface area contributed by atoms with Crippen molar-refractivity contribution in [3.63, 3.8) is 0 Å². The van der Waals surface area contributed by atoms with Crippen LogP contribution in [0.4, 0.5) is 4.39 Å². The van der Waals surface area contributed by atoms with Crippen LogP contribution in [0.5, 0.6) is 0 Å². The van der Waals surface area contributed by atoms with Gasteiger partial charge in [-0.15, -0.1) is 0 Å². The Kier molecular flexibility index (Phi) is 7.16. The number of fused-ring (bicyclic) bond motifs is 1. The third-order valence-electron chi connectivity index (χ3n) is 6.32. The molecule has 1 nitrogen and oxygen atoms in total. The molecule has 1 fully saturated rings. The molecular formula is C27H34FNP+. The van der Waals surface area contributed by atoms with Gasteiger partial charge in [-0.25, -0.2) is 4.39 Å². The van der Waals surface area contributed by atoms with E-state index in [0.717, 1.165) is 11.1 Å². The summed E-state index contributed by atoms with van der Waals surface area (Å²) in [5.41, 5.74) is 6.35. The Morgan fingerprint density at radius 3 is 2.23 bits per heavy atom. The predicted molar refractivity (Wildman–Crippen MR) is 131 cm³/mol. The molecule has 0 unspecified atom stereocenters. The lowest BCUT2D eigenvalue weighted by Gasteiger charge is -2.19. The molecule has 0 bridgehead atoms. The maximum atomic E-state index is 13.7. The largest absolute Gasteiger partial charge is 0.252 e. The fourth-order valence-corrected chi connectivity index (χ4v) is 7.66. The lowest BCUT2D eigenvalue weighted by molar-refractivity contribution is 0.628. The first-order valence-electron chi connectivity index (χ1n) is 11.7. The van der Waals surface area contributed by atoms with E-state index in [-0.39, 0.29) is 5.82 Å². The number of halogens is 1. The van der Waals surface area contributed by atoms with Gasteiger partial charge in [-0.1, -0.05) is 57.0 Å². The van der Waals surface area contributed by atoms with E-state index in [2.05, 4.69) is 38.1 Å². The molecule has 2 aromatic carbocycles. The van der Waals surface area contributed by atoms with Gasteiger partial charge in [0.05, 0.1) is 29.7 Å². The van der Waals surface area contributed by atoms with Gasteiger partial charge in [0, 0.05) is 24.8 Å². The summed E-state index contributed by atoms with van der Waals surface area (Å²) >= 11 is 0. The highest BCUT2D eigenvalue weighted by molar-refractivity contribution is 7.56. The van der Waals surface area contributed by atoms with Crippen molar-refractivity contribution in [3.8, 4) is 11.1 Å². The summed E-state index contributed by atoms with van der Waals surface area (Å²) < 4.78 is 13.7. The van der Waals surface area contributed by atoms with Crippen molar-refractivity contribution < 1.29 is 4.39 Å². The van der Waals surface area contributed by atoms with E-state index < -0.39 is 7.92 Å². The molecule has 0 spiro atoms. The SMILES string of the molecule is CCCC[PH+](CCCC)Cc1c(C2CC2)nc2ccccc2c1-c1ccc(F)cc1. The highest BCUT2D eigenvalue weighted by Gasteiger charge is 2.32. The third-order valence-corrected chi connectivity index (χ3v) is 9.29. The number of pyridine rings is 1. The Morgan fingerprint density at radius 2 is 1.60 bits per heavy atom. The molecule has 0 amide bonds. The smallest absolute Gasteiger partial charge is 0.123 e. The van der Waals surface area contributed by atoms with Crippen molar-refractivity contribution in [3.05, 3.63) is 65.6 Å². The van der Waals surface area contributed by atoms with E-state index in [4.69, 9.17) is 4.98 Å². The fraction of sp³-hybridized carbons (Fsp3) is 0.444. The van der Waals surface area contributed by atoms with E-state index in [1.54, 1.807) is 12.1 Å². The fourth-order valence-electron chi connectivity index (χ4n) is 4.50. The standard InChI is InChI=1S/C27H33FNP/c1-3-5-17-30(18-6-4-2)19-24-26(20-13-15-22(28)16-14-20)23-9-7-8-10-25(23)29-27(24)21-11-12-21/h7-10,13-16,21H,3-6,11-12,17-19H2,1-2H3/p+1. The molecule has 1 aromatic heterocycles. The molecule has 3 heteroatoms. The van der Waals surface area contributed by atoms with Crippen LogP contribution in [-0.2, 0) is 6.16 Å². The Morgan fingerprint density at radius 1 is 0.933 bits per heavy atom. The number of hydrogen-bond donors (Lipinski definition) is 0. The Hall–Kier alpha value is -1.79. The van der Waals surface area contributed by atoms with Crippen LogP contribution in [0.2, 0.25) is 0 Å². The molecule has 0 atom stereocenters. The molecule has 1 saturated carbocycles. The van der Waals surface area contributed by atoms with Crippen molar-refractivity contribution in [1.29, 1.82) is 0 Å². The monoisotopic (exact) mass is 422 g/mol. The van der Waals surface area contributed by atoms with Gasteiger partial charge >= 0.3 is 0 Å². The van der Waals surface area contributed by atoms with Gasteiger partial charge in [-0.2, -0.15) is 0 Å². The molecule has 158 valence electrons. The number of aromatic nitrogens is 1. The Bertz CT molecular complexity index is 970. The molecule has 0 N–H and O–H groups in total. The molecular weight excluding hydrogens is 388 g/mol. The minimum Gasteiger partial charge on any atom is -0.252 e. The van der Waals surface area contributed by atoms with Crippen molar-refractivity contribution in [2.45, 2.75) is 64.5 Å². The normalized spacial score (nSPS) is 14.0. The zero-order valence-corrected chi connectivity index (χ0v) is 19.4. The highest BCUT2D eigenvalue weighted by Crippen LogP contribution is 2.50. The number of rotatable bonds is 10. The topological polar surface area (TPSA) is 12.9 Å². The lowest BCUT2D eigenvalue weighted by atomic mass is 9.93. The maximum absolute atomic E-state index is 13.7. The first-order valence-corrected chi connectivity index (χ1v) is 13.8. The maximum Gasteiger partial charge on any atom is 0.123 e. The van der Waals surface area contributed by atoms with Gasteiger partial charge in [0.2, 0.25) is 0 Å². The molecule has 3 aromatic rings. The molecule has 0 aliphatic heterocycles.